The highest BCUT2D eigenvalue weighted by molar-refractivity contribution is 7.99. The molecule has 3 heteroatoms. The predicted octanol–water partition coefficient (Wildman–Crippen LogP) is 3.76. The second-order valence-corrected chi connectivity index (χ2v) is 6.02. The maximum absolute atomic E-state index is 5.41. The molecule has 0 spiro atoms. The molecule has 0 bridgehead atoms. The molecule has 0 fully saturated rings. The molecule has 1 aliphatic heterocycles. The Bertz CT molecular complexity index is 406. The summed E-state index contributed by atoms with van der Waals surface area (Å²) in [5.41, 5.74) is 2.61. The summed E-state index contributed by atoms with van der Waals surface area (Å²) in [6.45, 7) is 5.34. The average molecular weight is 265 g/mol. The molecule has 0 aromatic heterocycles. The molecule has 2 rings (SSSR count). The first kappa shape index (κ1) is 13.8. The van der Waals surface area contributed by atoms with Crippen LogP contribution in [0.1, 0.15) is 37.3 Å². The fraction of sp³-hybridized carbons (Fsp3) is 0.600. The fourth-order valence-corrected chi connectivity index (χ4v) is 3.58. The van der Waals surface area contributed by atoms with Crippen LogP contribution < -0.4 is 10.1 Å². The highest BCUT2D eigenvalue weighted by Crippen LogP contribution is 2.32. The number of nitrogens with one attached hydrogen (secondary N) is 1. The molecule has 0 aliphatic carbocycles. The largest absolute Gasteiger partial charge is 0.496 e. The third-order valence-electron chi connectivity index (χ3n) is 3.51. The summed E-state index contributed by atoms with van der Waals surface area (Å²) in [7, 11) is 1.75. The number of rotatable bonds is 4. The predicted molar refractivity (Wildman–Crippen MR) is 78.6 cm³/mol. The molecule has 1 N–H and O–H groups in total. The topological polar surface area (TPSA) is 21.3 Å². The van der Waals surface area contributed by atoms with Gasteiger partial charge in [-0.25, -0.2) is 0 Å². The lowest BCUT2D eigenvalue weighted by Crippen LogP contribution is -2.29. The van der Waals surface area contributed by atoms with Gasteiger partial charge in [-0.15, -0.1) is 11.8 Å². The summed E-state index contributed by atoms with van der Waals surface area (Å²) in [4.78, 5) is 1.42. The van der Waals surface area contributed by atoms with Crippen molar-refractivity contribution < 1.29 is 4.74 Å². The minimum atomic E-state index is 0.647. The zero-order valence-corrected chi connectivity index (χ0v) is 12.4. The molecule has 1 heterocycles. The number of thioether (sulfide) groups is 1. The molecule has 1 aliphatic rings. The smallest absolute Gasteiger partial charge is 0.122 e. The summed E-state index contributed by atoms with van der Waals surface area (Å²) >= 11 is 1.98. The maximum atomic E-state index is 5.41. The van der Waals surface area contributed by atoms with Gasteiger partial charge in [-0.05, 0) is 36.6 Å². The van der Waals surface area contributed by atoms with Gasteiger partial charge in [0.1, 0.15) is 5.75 Å². The van der Waals surface area contributed by atoms with E-state index < -0.39 is 0 Å². The van der Waals surface area contributed by atoms with Crippen LogP contribution in [0.2, 0.25) is 0 Å². The molecule has 2 nitrogen and oxygen atoms in total. The molecule has 1 aromatic rings. The minimum absolute atomic E-state index is 0.647. The molecular formula is C15H23NOS. The van der Waals surface area contributed by atoms with Crippen molar-refractivity contribution in [3.63, 3.8) is 0 Å². The second kappa shape index (κ2) is 6.48. The Kier molecular flexibility index (Phi) is 4.95. The first-order chi connectivity index (χ1) is 8.74. The van der Waals surface area contributed by atoms with Gasteiger partial charge >= 0.3 is 0 Å². The maximum Gasteiger partial charge on any atom is 0.122 e. The summed E-state index contributed by atoms with van der Waals surface area (Å²) in [5.74, 6) is 2.18. The van der Waals surface area contributed by atoms with Crippen LogP contribution in [0.3, 0.4) is 0 Å². The fourth-order valence-electron chi connectivity index (χ4n) is 2.34. The van der Waals surface area contributed by atoms with Crippen molar-refractivity contribution >= 4 is 11.8 Å². The lowest BCUT2D eigenvalue weighted by atomic mass is 10.1. The Morgan fingerprint density at radius 2 is 2.28 bits per heavy atom. The summed E-state index contributed by atoms with van der Waals surface area (Å²) < 4.78 is 5.41. The van der Waals surface area contributed by atoms with E-state index in [0.717, 1.165) is 12.3 Å². The lowest BCUT2D eigenvalue weighted by Gasteiger charge is -2.14. The number of benzene rings is 1. The molecule has 100 valence electrons. The zero-order chi connectivity index (χ0) is 13.0. The first-order valence-electron chi connectivity index (χ1n) is 6.78. The average Bonchev–Trinajstić information content (AvgIpc) is 2.57. The Labute approximate surface area is 114 Å². The Hall–Kier alpha value is -0.670. The summed E-state index contributed by atoms with van der Waals surface area (Å²) in [6, 6.07) is 5.10. The van der Waals surface area contributed by atoms with Crippen LogP contribution in [0.4, 0.5) is 0 Å². The van der Waals surface area contributed by atoms with E-state index in [0.29, 0.717) is 6.04 Å². The second-order valence-electron chi connectivity index (χ2n) is 4.96. The number of ether oxygens (including phenoxy) is 1. The van der Waals surface area contributed by atoms with Crippen LogP contribution in [0.25, 0.3) is 0 Å². The van der Waals surface area contributed by atoms with Gasteiger partial charge < -0.3 is 10.1 Å². The van der Waals surface area contributed by atoms with E-state index in [4.69, 9.17) is 4.74 Å². The minimum Gasteiger partial charge on any atom is -0.496 e. The number of hydrogen-bond acceptors (Lipinski definition) is 3. The third kappa shape index (κ3) is 3.21. The van der Waals surface area contributed by atoms with Crippen molar-refractivity contribution in [1.29, 1.82) is 0 Å². The van der Waals surface area contributed by atoms with E-state index in [2.05, 4.69) is 31.3 Å². The molecule has 0 amide bonds. The number of aryl methyl sites for hydroxylation is 1. The van der Waals surface area contributed by atoms with E-state index in [9.17, 15) is 0 Å². The molecule has 0 radical (unpaired) electrons. The molecule has 0 saturated heterocycles. The van der Waals surface area contributed by atoms with Crippen molar-refractivity contribution in [2.45, 2.75) is 50.6 Å². The molecule has 18 heavy (non-hydrogen) atoms. The Morgan fingerprint density at radius 3 is 3.00 bits per heavy atom. The van der Waals surface area contributed by atoms with Crippen LogP contribution in [0, 0.1) is 6.92 Å². The van der Waals surface area contributed by atoms with E-state index in [1.165, 1.54) is 41.0 Å². The third-order valence-corrected chi connectivity index (χ3v) is 4.77. The molecule has 1 unspecified atom stereocenters. The van der Waals surface area contributed by atoms with Crippen molar-refractivity contribution in [3.05, 3.63) is 23.3 Å². The normalized spacial score (nSPS) is 19.2. The molecule has 0 saturated carbocycles. The van der Waals surface area contributed by atoms with Crippen LogP contribution in [0.5, 0.6) is 5.75 Å². The van der Waals surface area contributed by atoms with Crippen molar-refractivity contribution in [2.24, 2.45) is 0 Å². The summed E-state index contributed by atoms with van der Waals surface area (Å²) in [6.07, 6.45) is 3.88. The van der Waals surface area contributed by atoms with E-state index in [1.807, 2.05) is 11.8 Å². The SMILES string of the molecule is CCCCC1CSc2cc(C)c(OC)cc2CN1. The molecule has 1 atom stereocenters. The van der Waals surface area contributed by atoms with Crippen molar-refractivity contribution in [2.75, 3.05) is 12.9 Å². The molecular weight excluding hydrogens is 242 g/mol. The van der Waals surface area contributed by atoms with Crippen molar-refractivity contribution in [1.82, 2.24) is 5.32 Å². The van der Waals surface area contributed by atoms with Gasteiger partial charge in [0.15, 0.2) is 0 Å². The van der Waals surface area contributed by atoms with Crippen LogP contribution in [-0.2, 0) is 6.54 Å². The van der Waals surface area contributed by atoms with Crippen molar-refractivity contribution in [3.8, 4) is 5.75 Å². The number of hydrogen-bond donors (Lipinski definition) is 1. The van der Waals surface area contributed by atoms with Gasteiger partial charge in [-0.2, -0.15) is 0 Å². The standard InChI is InChI=1S/C15H23NOS/c1-4-5-6-13-10-18-15-7-11(2)14(17-3)8-12(15)9-16-13/h7-8,13,16H,4-6,9-10H2,1-3H3. The van der Waals surface area contributed by atoms with Crippen LogP contribution >= 0.6 is 11.8 Å². The first-order valence-corrected chi connectivity index (χ1v) is 7.76. The van der Waals surface area contributed by atoms with Crippen LogP contribution in [-0.4, -0.2) is 18.9 Å². The highest BCUT2D eigenvalue weighted by atomic mass is 32.2. The van der Waals surface area contributed by atoms with Crippen LogP contribution in [0.15, 0.2) is 17.0 Å². The highest BCUT2D eigenvalue weighted by Gasteiger charge is 2.17. The monoisotopic (exact) mass is 265 g/mol. The van der Waals surface area contributed by atoms with Gasteiger partial charge in [0.25, 0.3) is 0 Å². The van der Waals surface area contributed by atoms with E-state index in [-0.39, 0.29) is 0 Å². The van der Waals surface area contributed by atoms with Gasteiger partial charge in [-0.1, -0.05) is 19.8 Å². The van der Waals surface area contributed by atoms with Gasteiger partial charge in [0.05, 0.1) is 7.11 Å². The quantitative estimate of drug-likeness (QED) is 0.895. The number of unbranched alkanes of at least 4 members (excludes halogenated alkanes) is 1. The Balaban J connectivity index is 2.10. The zero-order valence-electron chi connectivity index (χ0n) is 11.6. The van der Waals surface area contributed by atoms with Gasteiger partial charge in [0.2, 0.25) is 0 Å². The van der Waals surface area contributed by atoms with Gasteiger partial charge in [-0.3, -0.25) is 0 Å². The van der Waals surface area contributed by atoms with E-state index in [1.54, 1.807) is 7.11 Å². The van der Waals surface area contributed by atoms with E-state index >= 15 is 0 Å². The molecule has 1 aromatic carbocycles. The summed E-state index contributed by atoms with van der Waals surface area (Å²) in [5, 5.41) is 3.67. The Morgan fingerprint density at radius 1 is 1.44 bits per heavy atom. The number of fused-ring (bicyclic) bond motifs is 1. The van der Waals surface area contributed by atoms with Gasteiger partial charge in [0, 0.05) is 23.2 Å². The number of methoxy groups -OCH3 is 1. The lowest BCUT2D eigenvalue weighted by molar-refractivity contribution is 0.410.